The van der Waals surface area contributed by atoms with Gasteiger partial charge in [0, 0.05) is 18.8 Å². The second-order valence-electron chi connectivity index (χ2n) is 8.51. The van der Waals surface area contributed by atoms with Crippen molar-refractivity contribution in [2.75, 3.05) is 18.4 Å². The van der Waals surface area contributed by atoms with Gasteiger partial charge in [0.05, 0.1) is 22.9 Å². The van der Waals surface area contributed by atoms with Crippen LogP contribution in [0.4, 0.5) is 15.3 Å². The van der Waals surface area contributed by atoms with Crippen molar-refractivity contribution in [2.24, 2.45) is 0 Å². The second-order valence-corrected chi connectivity index (χ2v) is 10.7. The smallest absolute Gasteiger partial charge is 0.410 e. The number of likely N-dealkylation sites (tertiary alicyclic amines) is 1. The number of hydrogen-bond donors (Lipinski definition) is 2. The minimum absolute atomic E-state index is 0.181. The van der Waals surface area contributed by atoms with Gasteiger partial charge in [-0.05, 0) is 57.9 Å². The summed E-state index contributed by atoms with van der Waals surface area (Å²) in [6, 6.07) is 5.57. The zero-order valence-corrected chi connectivity index (χ0v) is 19.1. The van der Waals surface area contributed by atoms with Crippen molar-refractivity contribution in [1.82, 2.24) is 15.2 Å². The van der Waals surface area contributed by atoms with Crippen molar-refractivity contribution >= 4 is 27.6 Å². The van der Waals surface area contributed by atoms with E-state index in [9.17, 15) is 18.0 Å². The number of anilines is 1. The number of aromatic nitrogens is 1. The quantitative estimate of drug-likeness (QED) is 0.695. The first-order chi connectivity index (χ1) is 15.0. The highest BCUT2D eigenvalue weighted by Crippen LogP contribution is 2.26. The maximum Gasteiger partial charge on any atom is 0.410 e. The largest absolute Gasteiger partial charge is 0.447 e. The van der Waals surface area contributed by atoms with Crippen LogP contribution in [0.1, 0.15) is 39.4 Å². The number of nitrogens with zero attached hydrogens (tertiary/aromatic N) is 2. The van der Waals surface area contributed by atoms with Crippen molar-refractivity contribution < 1.29 is 27.2 Å². The van der Waals surface area contributed by atoms with E-state index in [-0.39, 0.29) is 11.4 Å². The van der Waals surface area contributed by atoms with Crippen molar-refractivity contribution in [3.63, 3.8) is 0 Å². The highest BCUT2D eigenvalue weighted by Gasteiger charge is 2.34. The van der Waals surface area contributed by atoms with E-state index in [1.807, 2.05) is 0 Å². The zero-order valence-electron chi connectivity index (χ0n) is 18.3. The van der Waals surface area contributed by atoms with Gasteiger partial charge in [0.1, 0.15) is 11.4 Å². The normalized spacial score (nSPS) is 15.3. The number of hydrogen-bond acceptors (Lipinski definition) is 7. The number of carbonyl (C=O) groups excluding carboxylic acids is 2. The number of benzene rings is 1. The van der Waals surface area contributed by atoms with Crippen LogP contribution in [-0.2, 0) is 21.1 Å². The lowest BCUT2D eigenvalue weighted by Gasteiger charge is -2.33. The van der Waals surface area contributed by atoms with Gasteiger partial charge in [-0.25, -0.2) is 23.0 Å². The Morgan fingerprint density at radius 2 is 1.84 bits per heavy atom. The molecule has 2 heterocycles. The fourth-order valence-corrected chi connectivity index (χ4v) is 5.00. The molecule has 0 bridgehead atoms. The molecule has 0 saturated carbocycles. The Balaban J connectivity index is 1.53. The number of nitrogens with one attached hydrogen (secondary N) is 2. The lowest BCUT2D eigenvalue weighted by molar-refractivity contribution is 0.0217. The summed E-state index contributed by atoms with van der Waals surface area (Å²) in [4.78, 5) is 29.6. The molecule has 1 aliphatic rings. The van der Waals surface area contributed by atoms with E-state index in [1.54, 1.807) is 25.7 Å². The molecule has 1 aromatic carbocycles. The molecule has 2 aromatic rings. The monoisotopic (exact) mass is 464 g/mol. The number of sulfone groups is 1. The molecule has 3 rings (SSSR count). The van der Waals surface area contributed by atoms with E-state index in [0.29, 0.717) is 37.4 Å². The fourth-order valence-electron chi connectivity index (χ4n) is 3.27. The lowest BCUT2D eigenvalue weighted by Crippen LogP contribution is -2.44. The molecule has 1 fully saturated rings. The topological polar surface area (TPSA) is 131 Å². The summed E-state index contributed by atoms with van der Waals surface area (Å²) < 4.78 is 36.4. The number of carbonyl (C=O) groups is 2. The van der Waals surface area contributed by atoms with E-state index >= 15 is 0 Å². The average molecular weight is 465 g/mol. The molecular weight excluding hydrogens is 436 g/mol. The lowest BCUT2D eigenvalue weighted by atomic mass is 10.1. The summed E-state index contributed by atoms with van der Waals surface area (Å²) in [6.07, 6.45) is 3.02. The maximum atomic E-state index is 13.0. The van der Waals surface area contributed by atoms with Crippen LogP contribution in [0.15, 0.2) is 46.2 Å². The Hall–Kier alpha value is -3.08. The number of amides is 3. The van der Waals surface area contributed by atoms with Gasteiger partial charge in [-0.15, -0.1) is 0 Å². The maximum absolute atomic E-state index is 13.0. The van der Waals surface area contributed by atoms with Gasteiger partial charge in [-0.2, -0.15) is 0 Å². The van der Waals surface area contributed by atoms with E-state index < -0.39 is 32.8 Å². The summed E-state index contributed by atoms with van der Waals surface area (Å²) >= 11 is 0. The molecule has 1 aliphatic heterocycles. The Morgan fingerprint density at radius 1 is 1.19 bits per heavy atom. The van der Waals surface area contributed by atoms with E-state index in [0.717, 1.165) is 0 Å². The Kier molecular flexibility index (Phi) is 7.07. The number of rotatable bonds is 5. The summed E-state index contributed by atoms with van der Waals surface area (Å²) in [6.45, 7) is 6.20. The molecule has 10 nitrogen and oxygen atoms in total. The zero-order chi connectivity index (χ0) is 23.4. The molecule has 0 aliphatic carbocycles. The molecule has 0 spiro atoms. The summed E-state index contributed by atoms with van der Waals surface area (Å²) in [5.74, 6) is 0.513. The van der Waals surface area contributed by atoms with Gasteiger partial charge in [-0.1, -0.05) is 0 Å². The van der Waals surface area contributed by atoms with Gasteiger partial charge in [0.15, 0.2) is 16.2 Å². The summed E-state index contributed by atoms with van der Waals surface area (Å²) in [5.41, 5.74) is -0.137. The van der Waals surface area contributed by atoms with Crippen LogP contribution >= 0.6 is 0 Å². The molecule has 0 atom stereocenters. The van der Waals surface area contributed by atoms with E-state index in [1.165, 1.54) is 36.9 Å². The third-order valence-corrected chi connectivity index (χ3v) is 7.16. The van der Waals surface area contributed by atoms with Crippen LogP contribution in [0.2, 0.25) is 0 Å². The molecule has 0 unspecified atom stereocenters. The second kappa shape index (κ2) is 9.60. The highest BCUT2D eigenvalue weighted by molar-refractivity contribution is 7.92. The summed E-state index contributed by atoms with van der Waals surface area (Å²) in [5, 5.41) is 4.67. The van der Waals surface area contributed by atoms with Gasteiger partial charge < -0.3 is 24.7 Å². The Labute approximate surface area is 187 Å². The highest BCUT2D eigenvalue weighted by atomic mass is 32.2. The molecule has 2 N–H and O–H groups in total. The van der Waals surface area contributed by atoms with Crippen molar-refractivity contribution in [3.05, 3.63) is 42.6 Å². The molecular formula is C21H28N4O6S. The Bertz CT molecular complexity index is 1020. The van der Waals surface area contributed by atoms with Crippen LogP contribution in [0.5, 0.6) is 0 Å². The molecule has 1 saturated heterocycles. The molecule has 11 heteroatoms. The van der Waals surface area contributed by atoms with Crippen LogP contribution < -0.4 is 10.6 Å². The van der Waals surface area contributed by atoms with Gasteiger partial charge in [0.2, 0.25) is 0 Å². The van der Waals surface area contributed by atoms with E-state index in [2.05, 4.69) is 15.6 Å². The summed E-state index contributed by atoms with van der Waals surface area (Å²) in [7, 11) is -3.56. The third kappa shape index (κ3) is 6.22. The van der Waals surface area contributed by atoms with Crippen molar-refractivity contribution in [3.8, 4) is 0 Å². The van der Waals surface area contributed by atoms with Gasteiger partial charge in [0.25, 0.3) is 0 Å². The minimum Gasteiger partial charge on any atom is -0.447 e. The molecule has 32 heavy (non-hydrogen) atoms. The van der Waals surface area contributed by atoms with Crippen LogP contribution in [0.3, 0.4) is 0 Å². The fraction of sp³-hybridized carbons (Fsp3) is 0.476. The molecule has 174 valence electrons. The average Bonchev–Trinajstić information content (AvgIpc) is 3.25. The molecule has 0 radical (unpaired) electrons. The number of piperidine rings is 1. The first-order valence-electron chi connectivity index (χ1n) is 10.3. The third-order valence-electron chi connectivity index (χ3n) is 4.88. The number of oxazole rings is 1. The first-order valence-corrected chi connectivity index (χ1v) is 11.8. The Morgan fingerprint density at radius 3 is 2.41 bits per heavy atom. The van der Waals surface area contributed by atoms with Crippen LogP contribution in [-0.4, -0.2) is 54.4 Å². The predicted molar refractivity (Wildman–Crippen MR) is 117 cm³/mol. The number of ether oxygens (including phenoxy) is 1. The van der Waals surface area contributed by atoms with Gasteiger partial charge in [-0.3, -0.25) is 0 Å². The van der Waals surface area contributed by atoms with Crippen molar-refractivity contribution in [1.29, 1.82) is 0 Å². The number of urea groups is 1. The molecule has 3 amide bonds. The SMILES string of the molecule is CC(C)(C)OC(=O)N1CCC(S(=O)(=O)c2ccc(NC(=O)NCc3cnco3)cc2)CC1. The minimum atomic E-state index is -3.56. The first kappa shape index (κ1) is 23.6. The standard InChI is InChI=1S/C21H28N4O6S/c1-21(2,3)31-20(27)25-10-8-18(9-11-25)32(28,29)17-6-4-15(5-7-17)24-19(26)23-13-16-12-22-14-30-16/h4-7,12,14,18H,8-11,13H2,1-3H3,(H2,23,24,26). The van der Waals surface area contributed by atoms with Crippen LogP contribution in [0, 0.1) is 0 Å². The molecule has 1 aromatic heterocycles. The van der Waals surface area contributed by atoms with Crippen LogP contribution in [0.25, 0.3) is 0 Å². The predicted octanol–water partition coefficient (Wildman–Crippen LogP) is 3.17. The van der Waals surface area contributed by atoms with Crippen molar-refractivity contribution in [2.45, 2.75) is 55.9 Å². The van der Waals surface area contributed by atoms with Gasteiger partial charge >= 0.3 is 12.1 Å². The van der Waals surface area contributed by atoms with E-state index in [4.69, 9.17) is 9.15 Å².